The Hall–Kier alpha value is -6.94. The van der Waals surface area contributed by atoms with Gasteiger partial charge in [-0.05, 0) is 67.8 Å². The van der Waals surface area contributed by atoms with Gasteiger partial charge in [0.2, 0.25) is 0 Å². The molecule has 2 nitrogen and oxygen atoms in total. The van der Waals surface area contributed by atoms with Gasteiger partial charge in [-0.25, -0.2) is 0 Å². The average molecular weight is 760 g/mol. The molecule has 0 bridgehead atoms. The third-order valence-electron chi connectivity index (χ3n) is 12.7. The second-order valence-corrected chi connectivity index (χ2v) is 19.4. The number of benzene rings is 8. The summed E-state index contributed by atoms with van der Waals surface area (Å²) in [4.78, 5) is 2.57. The van der Waals surface area contributed by atoms with Gasteiger partial charge in [0.1, 0.15) is 11.2 Å². The first kappa shape index (κ1) is 34.3. The number of allylic oxidation sites excluding steroid dienone is 2. The molecule has 3 heteroatoms. The summed E-state index contributed by atoms with van der Waals surface area (Å²) in [6.07, 6.45) is 9.30. The fourth-order valence-corrected chi connectivity index (χ4v) is 15.2. The molecule has 276 valence electrons. The van der Waals surface area contributed by atoms with Gasteiger partial charge in [0, 0.05) is 28.1 Å². The number of para-hydroxylation sites is 1. The second-order valence-electron chi connectivity index (χ2n) is 15.6. The number of furan rings is 1. The molecule has 1 aliphatic heterocycles. The highest BCUT2D eigenvalue weighted by Crippen LogP contribution is 2.57. The standard InChI is InChI=1S/C55H41NOSi/c1-6-20-40(21-7-1)55(41-22-8-2-9-23-41)49-30-16-18-32-51(49)56(52-33-19-17-31-50(52)55)42-34-36-53-47(38-42)48-39-46(35-37-54(48)57-53)58(43-24-10-3-11-25-43,44-26-12-4-13-27-44)45-28-14-5-15-29-45/h1-39,49,51H. The molecule has 2 aliphatic rings. The highest BCUT2D eigenvalue weighted by molar-refractivity contribution is 7.20. The van der Waals surface area contributed by atoms with E-state index < -0.39 is 13.5 Å². The van der Waals surface area contributed by atoms with Crippen molar-refractivity contribution in [2.24, 2.45) is 5.92 Å². The Morgan fingerprint density at radius 1 is 0.431 bits per heavy atom. The first-order valence-electron chi connectivity index (χ1n) is 20.3. The molecule has 1 aromatic heterocycles. The second kappa shape index (κ2) is 13.9. The summed E-state index contributed by atoms with van der Waals surface area (Å²) in [5.74, 6) is 0.120. The number of nitrogens with zero attached hydrogens (tertiary/aromatic N) is 1. The maximum Gasteiger partial charge on any atom is 0.179 e. The number of hydrogen-bond acceptors (Lipinski definition) is 2. The fourth-order valence-electron chi connectivity index (χ4n) is 10.4. The van der Waals surface area contributed by atoms with Crippen molar-refractivity contribution < 1.29 is 4.42 Å². The van der Waals surface area contributed by atoms with E-state index in [9.17, 15) is 0 Å². The van der Waals surface area contributed by atoms with Crippen molar-refractivity contribution in [1.29, 1.82) is 0 Å². The number of anilines is 2. The van der Waals surface area contributed by atoms with Crippen LogP contribution in [-0.2, 0) is 5.41 Å². The SMILES string of the molecule is C1=CC2C(C=C1)C(c1ccccc1)(c1ccccc1)c1ccccc1N2c1ccc2oc3ccc([Si](c4ccccc4)(c4ccccc4)c4ccccc4)cc3c2c1. The van der Waals surface area contributed by atoms with Crippen molar-refractivity contribution in [3.05, 3.63) is 253 Å². The van der Waals surface area contributed by atoms with Gasteiger partial charge in [-0.3, -0.25) is 0 Å². The lowest BCUT2D eigenvalue weighted by molar-refractivity contribution is 0.385. The zero-order valence-corrected chi connectivity index (χ0v) is 33.0. The Kier molecular flexibility index (Phi) is 8.23. The Morgan fingerprint density at radius 3 is 1.50 bits per heavy atom. The minimum absolute atomic E-state index is 0.0563. The van der Waals surface area contributed by atoms with Crippen LogP contribution in [0.2, 0.25) is 0 Å². The molecule has 0 radical (unpaired) electrons. The molecule has 9 aromatic rings. The zero-order chi connectivity index (χ0) is 38.5. The van der Waals surface area contributed by atoms with E-state index in [0.717, 1.165) is 27.6 Å². The lowest BCUT2D eigenvalue weighted by Crippen LogP contribution is -2.74. The molecule has 2 unspecified atom stereocenters. The smallest absolute Gasteiger partial charge is 0.179 e. The molecular formula is C55H41NOSi. The van der Waals surface area contributed by atoms with Gasteiger partial charge < -0.3 is 9.32 Å². The number of fused-ring (bicyclic) bond motifs is 5. The van der Waals surface area contributed by atoms with Gasteiger partial charge in [0.15, 0.2) is 8.07 Å². The van der Waals surface area contributed by atoms with E-state index in [2.05, 4.69) is 242 Å². The first-order valence-corrected chi connectivity index (χ1v) is 22.3. The van der Waals surface area contributed by atoms with Gasteiger partial charge in [-0.1, -0.05) is 206 Å². The third kappa shape index (κ3) is 5.10. The fraction of sp³-hybridized carbons (Fsp3) is 0.0545. The largest absolute Gasteiger partial charge is 0.456 e. The summed E-state index contributed by atoms with van der Waals surface area (Å²) in [5, 5.41) is 7.66. The Labute approximate surface area is 340 Å². The quantitative estimate of drug-likeness (QED) is 0.119. The molecule has 2 atom stereocenters. The Morgan fingerprint density at radius 2 is 0.914 bits per heavy atom. The maximum absolute atomic E-state index is 6.68. The van der Waals surface area contributed by atoms with E-state index in [0.29, 0.717) is 0 Å². The maximum atomic E-state index is 6.68. The van der Waals surface area contributed by atoms with Crippen molar-refractivity contribution in [3.8, 4) is 0 Å². The number of rotatable bonds is 7. The molecule has 0 N–H and O–H groups in total. The van der Waals surface area contributed by atoms with Crippen LogP contribution >= 0.6 is 0 Å². The van der Waals surface area contributed by atoms with Crippen LogP contribution in [0.1, 0.15) is 16.7 Å². The van der Waals surface area contributed by atoms with Crippen LogP contribution in [-0.4, -0.2) is 14.1 Å². The molecule has 2 heterocycles. The number of hydrogen-bond donors (Lipinski definition) is 0. The summed E-state index contributed by atoms with van der Waals surface area (Å²) in [6.45, 7) is 0. The highest BCUT2D eigenvalue weighted by Gasteiger charge is 2.52. The van der Waals surface area contributed by atoms with Crippen LogP contribution in [0.4, 0.5) is 11.4 Å². The summed E-state index contributed by atoms with van der Waals surface area (Å²) in [6, 6.07) is 78.5. The monoisotopic (exact) mass is 759 g/mol. The Bertz CT molecular complexity index is 2820. The van der Waals surface area contributed by atoms with Gasteiger partial charge >= 0.3 is 0 Å². The molecule has 0 saturated heterocycles. The van der Waals surface area contributed by atoms with Crippen molar-refractivity contribution in [2.45, 2.75) is 11.5 Å². The molecule has 8 aromatic carbocycles. The average Bonchev–Trinajstić information content (AvgIpc) is 3.67. The Balaban J connectivity index is 1.14. The van der Waals surface area contributed by atoms with E-state index in [1.165, 1.54) is 43.1 Å². The van der Waals surface area contributed by atoms with E-state index in [1.807, 2.05) is 0 Å². The van der Waals surface area contributed by atoms with E-state index in [4.69, 9.17) is 4.42 Å². The van der Waals surface area contributed by atoms with Crippen molar-refractivity contribution >= 4 is 62.1 Å². The molecule has 58 heavy (non-hydrogen) atoms. The van der Waals surface area contributed by atoms with Crippen molar-refractivity contribution in [3.63, 3.8) is 0 Å². The van der Waals surface area contributed by atoms with E-state index in [-0.39, 0.29) is 12.0 Å². The molecule has 0 amide bonds. The van der Waals surface area contributed by atoms with Crippen molar-refractivity contribution in [2.75, 3.05) is 4.90 Å². The van der Waals surface area contributed by atoms with E-state index in [1.54, 1.807) is 0 Å². The van der Waals surface area contributed by atoms with Gasteiger partial charge in [0.05, 0.1) is 11.5 Å². The summed E-state index contributed by atoms with van der Waals surface area (Å²) < 4.78 is 6.68. The summed E-state index contributed by atoms with van der Waals surface area (Å²) >= 11 is 0. The lowest BCUT2D eigenvalue weighted by Gasteiger charge is -2.54. The molecule has 0 spiro atoms. The van der Waals surface area contributed by atoms with Crippen LogP contribution in [0, 0.1) is 5.92 Å². The highest BCUT2D eigenvalue weighted by atomic mass is 28.3. The van der Waals surface area contributed by atoms with Gasteiger partial charge in [0.25, 0.3) is 0 Å². The van der Waals surface area contributed by atoms with Crippen LogP contribution < -0.4 is 25.6 Å². The predicted octanol–water partition coefficient (Wildman–Crippen LogP) is 10.6. The minimum atomic E-state index is -2.74. The van der Waals surface area contributed by atoms with Crippen LogP contribution in [0.3, 0.4) is 0 Å². The predicted molar refractivity (Wildman–Crippen MR) is 244 cm³/mol. The van der Waals surface area contributed by atoms with Gasteiger partial charge in [-0.15, -0.1) is 0 Å². The van der Waals surface area contributed by atoms with E-state index >= 15 is 0 Å². The van der Waals surface area contributed by atoms with Gasteiger partial charge in [-0.2, -0.15) is 0 Å². The molecular weight excluding hydrogens is 719 g/mol. The van der Waals surface area contributed by atoms with Crippen LogP contribution in [0.25, 0.3) is 21.9 Å². The molecule has 0 saturated carbocycles. The summed E-state index contributed by atoms with van der Waals surface area (Å²) in [7, 11) is -2.74. The summed E-state index contributed by atoms with van der Waals surface area (Å²) in [5.41, 5.74) is 7.66. The first-order chi connectivity index (χ1) is 28.8. The molecule has 1 aliphatic carbocycles. The normalized spacial score (nSPS) is 16.9. The van der Waals surface area contributed by atoms with Crippen molar-refractivity contribution in [1.82, 2.24) is 0 Å². The minimum Gasteiger partial charge on any atom is -0.456 e. The zero-order valence-electron chi connectivity index (χ0n) is 32.0. The third-order valence-corrected chi connectivity index (χ3v) is 17.5. The van der Waals surface area contributed by atoms with Crippen LogP contribution in [0.15, 0.2) is 241 Å². The topological polar surface area (TPSA) is 16.4 Å². The lowest BCUT2D eigenvalue weighted by atomic mass is 9.56. The molecule has 11 rings (SSSR count). The van der Waals surface area contributed by atoms with Crippen LogP contribution in [0.5, 0.6) is 0 Å². The molecule has 0 fully saturated rings.